The van der Waals surface area contributed by atoms with Crippen molar-refractivity contribution in [3.63, 3.8) is 0 Å². The lowest BCUT2D eigenvalue weighted by Gasteiger charge is -2.32. The van der Waals surface area contributed by atoms with Gasteiger partial charge in [-0.15, -0.1) is 0 Å². The monoisotopic (exact) mass is 651 g/mol. The van der Waals surface area contributed by atoms with Crippen molar-refractivity contribution in [2.24, 2.45) is 35.5 Å². The predicted octanol–water partition coefficient (Wildman–Crippen LogP) is 17.8. The molecule has 6 rings (SSSR count). The first kappa shape index (κ1) is 50.4. The highest BCUT2D eigenvalue weighted by Gasteiger charge is 2.27. The predicted molar refractivity (Wildman–Crippen MR) is 218 cm³/mol. The van der Waals surface area contributed by atoms with Crippen molar-refractivity contribution in [2.75, 3.05) is 0 Å². The molecule has 0 saturated heterocycles. The van der Waals surface area contributed by atoms with Crippen molar-refractivity contribution < 1.29 is 0 Å². The highest BCUT2D eigenvalue weighted by atomic mass is 14.3. The van der Waals surface area contributed by atoms with E-state index in [1.165, 1.54) is 103 Å². The van der Waals surface area contributed by atoms with E-state index in [0.717, 1.165) is 35.5 Å². The van der Waals surface area contributed by atoms with Gasteiger partial charge < -0.3 is 0 Å². The molecule has 0 N–H and O–H groups in total. The molecule has 46 heavy (non-hydrogen) atoms. The van der Waals surface area contributed by atoms with Crippen LogP contribution in [0.1, 0.15) is 263 Å². The molecule has 0 heteroatoms. The lowest BCUT2D eigenvalue weighted by atomic mass is 9.73. The second-order valence-corrected chi connectivity index (χ2v) is 13.7. The SMILES string of the molecule is C1CCC(C2CCCC2)CC1.C1CCC(C2CCCC2)CC1.C1CCC(C2CCCCC2)CC1.CC.CC.CC.CC.CC.CC. The van der Waals surface area contributed by atoms with Crippen LogP contribution < -0.4 is 0 Å². The lowest BCUT2D eigenvalue weighted by molar-refractivity contribution is 0.196. The largest absolute Gasteiger partial charge is 0.0683 e. The number of hydrogen-bond acceptors (Lipinski definition) is 0. The molecule has 0 radical (unpaired) electrons. The fraction of sp³-hybridized carbons (Fsp3) is 1.00. The van der Waals surface area contributed by atoms with E-state index in [1.807, 2.05) is 83.1 Å². The molecule has 0 bridgehead atoms. The van der Waals surface area contributed by atoms with Gasteiger partial charge in [0.1, 0.15) is 0 Å². The maximum absolute atomic E-state index is 2.00. The van der Waals surface area contributed by atoms with Crippen molar-refractivity contribution in [2.45, 2.75) is 263 Å². The highest BCUT2D eigenvalue weighted by Crippen LogP contribution is 2.40. The summed E-state index contributed by atoms with van der Waals surface area (Å²) < 4.78 is 0. The summed E-state index contributed by atoms with van der Waals surface area (Å²) in [4.78, 5) is 0. The van der Waals surface area contributed by atoms with E-state index in [9.17, 15) is 0 Å². The van der Waals surface area contributed by atoms with E-state index in [0.29, 0.717) is 0 Å². The summed E-state index contributed by atoms with van der Waals surface area (Å²) in [5, 5.41) is 0. The molecule has 6 aliphatic rings. The Hall–Kier alpha value is 0. The van der Waals surface area contributed by atoms with E-state index < -0.39 is 0 Å². The topological polar surface area (TPSA) is 0 Å². The minimum atomic E-state index is 1.14. The van der Waals surface area contributed by atoms with Gasteiger partial charge >= 0.3 is 0 Å². The molecule has 0 aromatic heterocycles. The molecule has 0 spiro atoms. The van der Waals surface area contributed by atoms with Gasteiger partial charge in [-0.05, 0) is 35.5 Å². The lowest BCUT2D eigenvalue weighted by Crippen LogP contribution is -2.20. The summed E-state index contributed by atoms with van der Waals surface area (Å²) in [5.41, 5.74) is 0. The summed E-state index contributed by atoms with van der Waals surface area (Å²) >= 11 is 0. The maximum Gasteiger partial charge on any atom is -0.0386 e. The van der Waals surface area contributed by atoms with Crippen molar-refractivity contribution in [1.29, 1.82) is 0 Å². The molecule has 6 saturated carbocycles. The summed E-state index contributed by atoms with van der Waals surface area (Å²) in [7, 11) is 0. The summed E-state index contributed by atoms with van der Waals surface area (Å²) in [6, 6.07) is 0. The quantitative estimate of drug-likeness (QED) is 0.285. The van der Waals surface area contributed by atoms with E-state index in [1.54, 1.807) is 77.0 Å². The molecule has 6 aliphatic carbocycles. The van der Waals surface area contributed by atoms with Crippen molar-refractivity contribution in [3.8, 4) is 0 Å². The Morgan fingerprint density at radius 2 is 0.239 bits per heavy atom. The fourth-order valence-electron chi connectivity index (χ4n) is 9.28. The molecule has 0 amide bonds. The zero-order valence-corrected chi connectivity index (χ0v) is 35.3. The van der Waals surface area contributed by atoms with Gasteiger partial charge in [0.2, 0.25) is 0 Å². The summed E-state index contributed by atoms with van der Waals surface area (Å²) in [5.74, 6) is 6.86. The van der Waals surface area contributed by atoms with Crippen LogP contribution in [0.5, 0.6) is 0 Å². The van der Waals surface area contributed by atoms with Crippen molar-refractivity contribution in [1.82, 2.24) is 0 Å². The maximum atomic E-state index is 2.00. The second-order valence-electron chi connectivity index (χ2n) is 13.7. The van der Waals surface area contributed by atoms with Crippen LogP contribution in [0, 0.1) is 35.5 Å². The third kappa shape index (κ3) is 24.2. The summed E-state index contributed by atoms with van der Waals surface area (Å²) in [6.45, 7) is 24.0. The van der Waals surface area contributed by atoms with Crippen molar-refractivity contribution >= 4 is 0 Å². The van der Waals surface area contributed by atoms with Gasteiger partial charge in [0.15, 0.2) is 0 Å². The van der Waals surface area contributed by atoms with E-state index in [2.05, 4.69) is 0 Å². The third-order valence-corrected chi connectivity index (χ3v) is 11.4. The van der Waals surface area contributed by atoms with Gasteiger partial charge in [-0.1, -0.05) is 263 Å². The van der Waals surface area contributed by atoms with Crippen LogP contribution in [0.3, 0.4) is 0 Å². The van der Waals surface area contributed by atoms with Gasteiger partial charge in [0.05, 0.1) is 0 Å². The Morgan fingerprint density at radius 3 is 0.348 bits per heavy atom. The molecular weight excluding hydrogens is 553 g/mol. The van der Waals surface area contributed by atoms with Crippen LogP contribution in [0.25, 0.3) is 0 Å². The highest BCUT2D eigenvalue weighted by molar-refractivity contribution is 4.79. The molecule has 0 unspecified atom stereocenters. The van der Waals surface area contributed by atoms with Gasteiger partial charge in [-0.25, -0.2) is 0 Å². The Balaban J connectivity index is -0.000000518. The first-order valence-electron chi connectivity index (χ1n) is 22.9. The van der Waals surface area contributed by atoms with Gasteiger partial charge in [0, 0.05) is 0 Å². The molecule has 0 atom stereocenters. The average molecular weight is 651 g/mol. The minimum absolute atomic E-state index is 1.14. The van der Waals surface area contributed by atoms with E-state index in [-0.39, 0.29) is 0 Å². The van der Waals surface area contributed by atoms with Gasteiger partial charge in [0.25, 0.3) is 0 Å². The second kappa shape index (κ2) is 41.2. The van der Waals surface area contributed by atoms with Crippen LogP contribution in [-0.4, -0.2) is 0 Å². The Labute approximate surface area is 297 Å². The van der Waals surface area contributed by atoms with Crippen LogP contribution in [0.2, 0.25) is 0 Å². The first-order valence-corrected chi connectivity index (χ1v) is 22.9. The molecule has 0 aromatic rings. The normalized spacial score (nSPS) is 22.4. The zero-order chi connectivity index (χ0) is 35.3. The number of hydrogen-bond donors (Lipinski definition) is 0. The van der Waals surface area contributed by atoms with Gasteiger partial charge in [-0.2, -0.15) is 0 Å². The first-order chi connectivity index (χ1) is 22.9. The van der Waals surface area contributed by atoms with Crippen LogP contribution in [0.15, 0.2) is 0 Å². The van der Waals surface area contributed by atoms with E-state index >= 15 is 0 Å². The molecule has 0 heterocycles. The van der Waals surface area contributed by atoms with Crippen molar-refractivity contribution in [3.05, 3.63) is 0 Å². The van der Waals surface area contributed by atoms with E-state index in [4.69, 9.17) is 0 Å². The molecular formula is C46H98. The van der Waals surface area contributed by atoms with Crippen LogP contribution in [-0.2, 0) is 0 Å². The molecule has 0 aliphatic heterocycles. The smallest absolute Gasteiger partial charge is 0.0386 e. The van der Waals surface area contributed by atoms with Crippen LogP contribution in [0.4, 0.5) is 0 Å². The third-order valence-electron chi connectivity index (χ3n) is 11.4. The Bertz CT molecular complexity index is 426. The Morgan fingerprint density at radius 1 is 0.152 bits per heavy atom. The molecule has 6 fully saturated rings. The standard InChI is InChI=1S/C12H22.2C11H20.6C2H6/c1-3-7-11(8-4-1)12-9-5-2-6-10-12;2*1-2-6-10(7-3-1)11-8-4-5-9-11;6*1-2/h11-12H,1-10H2;2*10-11H,1-9H2;6*1-2H3. The molecule has 0 aromatic carbocycles. The van der Waals surface area contributed by atoms with Crippen LogP contribution >= 0.6 is 0 Å². The minimum Gasteiger partial charge on any atom is -0.0683 e. The molecule has 282 valence electrons. The summed E-state index contributed by atoms with van der Waals surface area (Å²) in [6.07, 6.45) is 43.1. The fourth-order valence-corrected chi connectivity index (χ4v) is 9.28. The molecule has 0 nitrogen and oxygen atoms in total. The number of rotatable bonds is 3. The average Bonchev–Trinajstić information content (AvgIpc) is 3.95. The van der Waals surface area contributed by atoms with Gasteiger partial charge in [-0.3, -0.25) is 0 Å². The Kier molecular flexibility index (Phi) is 45.1. The zero-order valence-electron chi connectivity index (χ0n) is 35.3.